The molecule has 4 aromatic rings. The van der Waals surface area contributed by atoms with Crippen molar-refractivity contribution in [2.24, 2.45) is 0 Å². The number of rotatable bonds is 12. The van der Waals surface area contributed by atoms with E-state index in [9.17, 15) is 14.5 Å². The highest BCUT2D eigenvalue weighted by Crippen LogP contribution is 2.50. The van der Waals surface area contributed by atoms with Gasteiger partial charge in [-0.2, -0.15) is 9.97 Å². The quantitative estimate of drug-likeness (QED) is 0.0997. The molecule has 0 spiro atoms. The van der Waals surface area contributed by atoms with Gasteiger partial charge in [-0.15, -0.1) is 0 Å². The van der Waals surface area contributed by atoms with E-state index in [-0.39, 0.29) is 63.9 Å². The molecular weight excluding hydrogens is 788 g/mol. The third kappa shape index (κ3) is 8.69. The van der Waals surface area contributed by atoms with E-state index in [2.05, 4.69) is 97.6 Å². The Kier molecular flexibility index (Phi) is 11.2. The maximum atomic E-state index is 12.5. The van der Waals surface area contributed by atoms with E-state index in [0.29, 0.717) is 6.42 Å². The van der Waals surface area contributed by atoms with Gasteiger partial charge in [0.05, 0.1) is 38.1 Å². The molecule has 2 aliphatic rings. The van der Waals surface area contributed by atoms with Crippen molar-refractivity contribution >= 4 is 69.4 Å². The Morgan fingerprint density at radius 3 is 1.76 bits per heavy atom. The molecule has 0 aromatic carbocycles. The number of hydrogen-bond acceptors (Lipinski definition) is 15. The fourth-order valence-electron chi connectivity index (χ4n) is 6.02. The van der Waals surface area contributed by atoms with E-state index in [1.807, 2.05) is 0 Å². The van der Waals surface area contributed by atoms with Crippen molar-refractivity contribution in [1.82, 2.24) is 39.0 Å². The zero-order valence-electron chi connectivity index (χ0n) is 32.9. The van der Waals surface area contributed by atoms with Crippen molar-refractivity contribution in [3.05, 3.63) is 33.4 Å². The highest BCUT2D eigenvalue weighted by atomic mass is 32.5. The Morgan fingerprint density at radius 2 is 1.29 bits per heavy atom. The summed E-state index contributed by atoms with van der Waals surface area (Å²) >= 11 is 5.62. The largest absolute Gasteiger partial charge is 0.414 e. The zero-order chi connectivity index (χ0) is 40.5. The third-order valence-electron chi connectivity index (χ3n) is 11.2. The van der Waals surface area contributed by atoms with Crippen molar-refractivity contribution in [2.45, 2.75) is 128 Å². The number of nitrogens with two attached hydrogens (primary N) is 2. The minimum atomic E-state index is -3.96. The Balaban J connectivity index is 1.23. The molecule has 7 unspecified atom stereocenters. The standard InChI is InChI=1S/C32H53N10O9PSSi2/c1-31(2,3)54(7,8)47-14-20-17(11-21(49-20)41-15-35-23-25(41)37-29(33)39-27(23)43)50-52(45,53)46-13-19-18(51-55(9,10)32(4,5)6)12-22(48-19)42-16-36-24-26(42)38-30(34)40-28(24)44/h15-22H,11-14H2,1-10H3,(H,45,53)(H3,33,37,39,43)(H3,34,38,40,44). The van der Waals surface area contributed by atoms with E-state index in [1.165, 1.54) is 12.7 Å². The Hall–Kier alpha value is -2.90. The molecular formula is C32H53N10O9PSSi2. The summed E-state index contributed by atoms with van der Waals surface area (Å²) in [4.78, 5) is 58.6. The number of H-pyrrole nitrogens is 2. The van der Waals surface area contributed by atoms with Gasteiger partial charge in [0, 0.05) is 12.8 Å². The van der Waals surface area contributed by atoms with Gasteiger partial charge in [-0.3, -0.25) is 28.7 Å². The monoisotopic (exact) mass is 840 g/mol. The van der Waals surface area contributed by atoms with Crippen LogP contribution in [0.2, 0.25) is 36.3 Å². The predicted octanol–water partition coefficient (Wildman–Crippen LogP) is 4.02. The maximum Gasteiger partial charge on any atom is 0.324 e. The molecule has 0 amide bonds. The topological polar surface area (TPSA) is 255 Å². The van der Waals surface area contributed by atoms with Crippen molar-refractivity contribution < 1.29 is 32.3 Å². The first kappa shape index (κ1) is 41.7. The van der Waals surface area contributed by atoms with Gasteiger partial charge in [-0.1, -0.05) is 41.5 Å². The molecule has 2 aliphatic heterocycles. The lowest BCUT2D eigenvalue weighted by Gasteiger charge is -2.39. The summed E-state index contributed by atoms with van der Waals surface area (Å²) in [7, 11) is -4.58. The molecule has 19 nitrogen and oxygen atoms in total. The molecule has 0 bridgehead atoms. The van der Waals surface area contributed by atoms with Crippen LogP contribution in [-0.4, -0.2) is 98.2 Å². The molecule has 7 N–H and O–H groups in total. The number of nitrogen functional groups attached to an aromatic ring is 2. The second kappa shape index (κ2) is 14.8. The van der Waals surface area contributed by atoms with Crippen LogP contribution in [0.5, 0.6) is 0 Å². The Bertz CT molecular complexity index is 2220. The minimum absolute atomic E-state index is 0.0502. The van der Waals surface area contributed by atoms with Crippen LogP contribution in [0.15, 0.2) is 22.2 Å². The molecule has 7 atom stereocenters. The second-order valence-corrected chi connectivity index (χ2v) is 29.5. The minimum Gasteiger partial charge on any atom is -0.414 e. The molecule has 4 aromatic heterocycles. The van der Waals surface area contributed by atoms with Crippen LogP contribution in [-0.2, 0) is 39.2 Å². The summed E-state index contributed by atoms with van der Waals surface area (Å²) in [5, 5.41) is -0.199. The van der Waals surface area contributed by atoms with Crippen LogP contribution < -0.4 is 22.6 Å². The van der Waals surface area contributed by atoms with Crippen molar-refractivity contribution in [2.75, 3.05) is 24.7 Å². The SMILES string of the molecule is CC(C)(C)[Si](C)(C)OCC1OC(n2cnc3c(=O)[nH]c(N)nc32)CC1OP(O)(=S)OCC1OC(n2cnc3c(=O)[nH]c(N)nc32)CC1O[Si](C)(C)C(C)(C)C. The Morgan fingerprint density at radius 1 is 0.836 bits per heavy atom. The van der Waals surface area contributed by atoms with Gasteiger partial charge in [0.1, 0.15) is 24.7 Å². The summed E-state index contributed by atoms with van der Waals surface area (Å²) in [6.07, 6.45) is -0.429. The maximum absolute atomic E-state index is 12.5. The van der Waals surface area contributed by atoms with Gasteiger partial charge in [0.15, 0.2) is 39.0 Å². The van der Waals surface area contributed by atoms with Crippen molar-refractivity contribution in [1.29, 1.82) is 0 Å². The van der Waals surface area contributed by atoms with Gasteiger partial charge in [-0.25, -0.2) is 9.97 Å². The highest BCUT2D eigenvalue weighted by molar-refractivity contribution is 8.07. The number of imidazole rings is 2. The Labute approximate surface area is 325 Å². The smallest absolute Gasteiger partial charge is 0.324 e. The molecule has 23 heteroatoms. The van der Waals surface area contributed by atoms with Crippen LogP contribution in [0.1, 0.15) is 66.8 Å². The lowest BCUT2D eigenvalue weighted by Crippen LogP contribution is -2.46. The van der Waals surface area contributed by atoms with Gasteiger partial charge < -0.3 is 43.7 Å². The van der Waals surface area contributed by atoms with Crippen LogP contribution in [0.25, 0.3) is 22.3 Å². The number of nitrogens with one attached hydrogen (secondary N) is 2. The third-order valence-corrected chi connectivity index (χ3v) is 21.8. The first-order valence-electron chi connectivity index (χ1n) is 18.1. The second-order valence-electron chi connectivity index (χ2n) is 17.2. The van der Waals surface area contributed by atoms with Crippen LogP contribution in [0.3, 0.4) is 0 Å². The average Bonchev–Trinajstić information content (AvgIpc) is 3.83. The molecule has 2 saturated heterocycles. The summed E-state index contributed by atoms with van der Waals surface area (Å²) < 4.78 is 41.9. The van der Waals surface area contributed by atoms with E-state index >= 15 is 0 Å². The van der Waals surface area contributed by atoms with E-state index in [4.69, 9.17) is 50.6 Å². The van der Waals surface area contributed by atoms with Gasteiger partial charge in [0.25, 0.3) is 11.1 Å². The highest BCUT2D eigenvalue weighted by Gasteiger charge is 2.47. The van der Waals surface area contributed by atoms with Gasteiger partial charge >= 0.3 is 6.72 Å². The summed E-state index contributed by atoms with van der Waals surface area (Å²) in [6, 6.07) is 0. The van der Waals surface area contributed by atoms with E-state index < -0.39 is 71.3 Å². The number of nitrogens with zero attached hydrogens (tertiary/aromatic N) is 6. The molecule has 0 radical (unpaired) electrons. The predicted molar refractivity (Wildman–Crippen MR) is 215 cm³/mol. The molecule has 6 rings (SSSR count). The zero-order valence-corrected chi connectivity index (χ0v) is 36.6. The van der Waals surface area contributed by atoms with Crippen molar-refractivity contribution in [3.63, 3.8) is 0 Å². The molecule has 55 heavy (non-hydrogen) atoms. The normalized spacial score (nSPS) is 25.3. The average molecular weight is 841 g/mol. The molecule has 0 saturated carbocycles. The number of hydrogen-bond donors (Lipinski definition) is 5. The summed E-state index contributed by atoms with van der Waals surface area (Å²) in [5.74, 6) is -0.115. The lowest BCUT2D eigenvalue weighted by atomic mass is 10.2. The first-order chi connectivity index (χ1) is 25.4. The molecule has 0 aliphatic carbocycles. The summed E-state index contributed by atoms with van der Waals surface area (Å²) in [5.41, 5.74) is 11.5. The van der Waals surface area contributed by atoms with E-state index in [0.717, 1.165) is 0 Å². The first-order valence-corrected chi connectivity index (χ1v) is 26.5. The number of aromatic nitrogens is 8. The van der Waals surface area contributed by atoms with Crippen molar-refractivity contribution in [3.8, 4) is 0 Å². The number of aromatic amines is 2. The molecule has 2 fully saturated rings. The summed E-state index contributed by atoms with van der Waals surface area (Å²) in [6.45, 7) is 17.4. The van der Waals surface area contributed by atoms with Crippen LogP contribution >= 0.6 is 6.72 Å². The van der Waals surface area contributed by atoms with Gasteiger partial charge in [0.2, 0.25) is 11.9 Å². The number of ether oxygens (including phenoxy) is 2. The molecule has 6 heterocycles. The fraction of sp³-hybridized carbons (Fsp3) is 0.688. The van der Waals surface area contributed by atoms with Crippen LogP contribution in [0, 0.1) is 0 Å². The van der Waals surface area contributed by atoms with Crippen LogP contribution in [0.4, 0.5) is 11.9 Å². The lowest BCUT2D eigenvalue weighted by molar-refractivity contribution is -0.0484. The number of fused-ring (bicyclic) bond motifs is 2. The van der Waals surface area contributed by atoms with E-state index in [1.54, 1.807) is 9.13 Å². The fourth-order valence-corrected chi connectivity index (χ4v) is 9.86. The molecule has 304 valence electrons. The van der Waals surface area contributed by atoms with Gasteiger partial charge in [-0.05, 0) is 48.1 Å². The number of anilines is 2.